The van der Waals surface area contributed by atoms with Crippen molar-refractivity contribution in [2.75, 3.05) is 36.8 Å². The number of para-hydroxylation sites is 1. The Morgan fingerprint density at radius 3 is 3.00 bits per heavy atom. The lowest BCUT2D eigenvalue weighted by molar-refractivity contribution is 0.0684. The van der Waals surface area contributed by atoms with Gasteiger partial charge in [-0.25, -0.2) is 0 Å². The van der Waals surface area contributed by atoms with Crippen LogP contribution in [0.1, 0.15) is 30.1 Å². The number of carbonyl (C=O) groups excluding carboxylic acids is 1. The van der Waals surface area contributed by atoms with Crippen LogP contribution in [0.2, 0.25) is 0 Å². The minimum absolute atomic E-state index is 0.166. The third-order valence-corrected chi connectivity index (χ3v) is 3.98. The average Bonchev–Trinajstić information content (AvgIpc) is 2.46. The van der Waals surface area contributed by atoms with Crippen molar-refractivity contribution in [3.8, 4) is 0 Å². The number of rotatable bonds is 1. The first-order valence-corrected chi connectivity index (χ1v) is 7.16. The maximum atomic E-state index is 12.7. The van der Waals surface area contributed by atoms with Crippen molar-refractivity contribution >= 4 is 17.3 Å². The van der Waals surface area contributed by atoms with Crippen LogP contribution in [-0.2, 0) is 0 Å². The molecule has 1 amide bonds. The first-order valence-electron chi connectivity index (χ1n) is 7.16. The molecule has 0 spiro atoms. The summed E-state index contributed by atoms with van der Waals surface area (Å²) in [5.74, 6) is 0.780. The molecule has 1 saturated heterocycles. The molecule has 4 nitrogen and oxygen atoms in total. The molecule has 102 valence electrons. The molecule has 2 aliphatic heterocycles. The molecular formula is C15H21N3O. The highest BCUT2D eigenvalue weighted by Crippen LogP contribution is 2.30. The van der Waals surface area contributed by atoms with E-state index in [0.717, 1.165) is 49.5 Å². The van der Waals surface area contributed by atoms with Crippen LogP contribution in [-0.4, -0.2) is 37.0 Å². The minimum Gasteiger partial charge on any atom is -0.382 e. The standard InChI is InChI=1S/C15H21N3O/c1-11-4-3-9-18(10-11)15(19)12-5-2-6-13-14(12)17-8-7-16-13/h2,5-6,11,16-17H,3-4,7-10H2,1H3. The van der Waals surface area contributed by atoms with Crippen molar-refractivity contribution in [1.82, 2.24) is 4.90 Å². The second-order valence-electron chi connectivity index (χ2n) is 5.58. The zero-order valence-electron chi connectivity index (χ0n) is 11.4. The van der Waals surface area contributed by atoms with Crippen LogP contribution in [0.5, 0.6) is 0 Å². The number of amides is 1. The lowest BCUT2D eigenvalue weighted by Crippen LogP contribution is -2.39. The van der Waals surface area contributed by atoms with E-state index in [1.54, 1.807) is 0 Å². The molecule has 0 saturated carbocycles. The van der Waals surface area contributed by atoms with Gasteiger partial charge in [0.25, 0.3) is 5.91 Å². The highest BCUT2D eigenvalue weighted by molar-refractivity contribution is 6.02. The Morgan fingerprint density at radius 1 is 1.32 bits per heavy atom. The zero-order chi connectivity index (χ0) is 13.2. The first kappa shape index (κ1) is 12.3. The monoisotopic (exact) mass is 259 g/mol. The van der Waals surface area contributed by atoms with Gasteiger partial charge >= 0.3 is 0 Å². The topological polar surface area (TPSA) is 44.4 Å². The number of nitrogens with one attached hydrogen (secondary N) is 2. The fraction of sp³-hybridized carbons (Fsp3) is 0.533. The van der Waals surface area contributed by atoms with Gasteiger partial charge in [-0.3, -0.25) is 4.79 Å². The molecule has 1 atom stereocenters. The Balaban J connectivity index is 1.87. The number of fused-ring (bicyclic) bond motifs is 1. The van der Waals surface area contributed by atoms with Gasteiger partial charge in [0.2, 0.25) is 0 Å². The van der Waals surface area contributed by atoms with Gasteiger partial charge in [0.15, 0.2) is 0 Å². The smallest absolute Gasteiger partial charge is 0.256 e. The minimum atomic E-state index is 0.166. The summed E-state index contributed by atoms with van der Waals surface area (Å²) in [6.07, 6.45) is 2.35. The molecule has 0 aliphatic carbocycles. The molecule has 0 aromatic heterocycles. The van der Waals surface area contributed by atoms with Gasteiger partial charge in [0, 0.05) is 26.2 Å². The second-order valence-corrected chi connectivity index (χ2v) is 5.58. The number of anilines is 2. The number of hydrogen-bond donors (Lipinski definition) is 2. The van der Waals surface area contributed by atoms with Crippen LogP contribution < -0.4 is 10.6 Å². The van der Waals surface area contributed by atoms with Crippen LogP contribution in [0.15, 0.2) is 18.2 Å². The van der Waals surface area contributed by atoms with Crippen molar-refractivity contribution in [3.63, 3.8) is 0 Å². The number of carbonyl (C=O) groups is 1. The Morgan fingerprint density at radius 2 is 2.16 bits per heavy atom. The van der Waals surface area contributed by atoms with Gasteiger partial charge in [-0.1, -0.05) is 13.0 Å². The van der Waals surface area contributed by atoms with E-state index in [0.29, 0.717) is 5.92 Å². The van der Waals surface area contributed by atoms with E-state index in [1.807, 2.05) is 23.1 Å². The summed E-state index contributed by atoms with van der Waals surface area (Å²) in [5, 5.41) is 6.69. The fourth-order valence-corrected chi connectivity index (χ4v) is 3.00. The maximum absolute atomic E-state index is 12.7. The number of benzene rings is 1. The molecule has 0 bridgehead atoms. The molecule has 3 rings (SSSR count). The van der Waals surface area contributed by atoms with Gasteiger partial charge in [-0.2, -0.15) is 0 Å². The number of likely N-dealkylation sites (tertiary alicyclic amines) is 1. The van der Waals surface area contributed by atoms with Crippen LogP contribution >= 0.6 is 0 Å². The summed E-state index contributed by atoms with van der Waals surface area (Å²) in [5.41, 5.74) is 2.82. The van der Waals surface area contributed by atoms with E-state index in [1.165, 1.54) is 6.42 Å². The summed E-state index contributed by atoms with van der Waals surface area (Å²) in [6, 6.07) is 5.91. The lowest BCUT2D eigenvalue weighted by atomic mass is 9.99. The van der Waals surface area contributed by atoms with Gasteiger partial charge in [0.05, 0.1) is 16.9 Å². The zero-order valence-corrected chi connectivity index (χ0v) is 11.4. The molecule has 2 aliphatic rings. The van der Waals surface area contributed by atoms with Crippen molar-refractivity contribution < 1.29 is 4.79 Å². The van der Waals surface area contributed by atoms with Crippen LogP contribution in [0.25, 0.3) is 0 Å². The summed E-state index contributed by atoms with van der Waals surface area (Å²) in [4.78, 5) is 14.7. The highest BCUT2D eigenvalue weighted by Gasteiger charge is 2.25. The summed E-state index contributed by atoms with van der Waals surface area (Å²) in [6.45, 7) is 5.77. The molecule has 4 heteroatoms. The van der Waals surface area contributed by atoms with Crippen molar-refractivity contribution in [1.29, 1.82) is 0 Å². The molecule has 2 N–H and O–H groups in total. The fourth-order valence-electron chi connectivity index (χ4n) is 3.00. The van der Waals surface area contributed by atoms with E-state index >= 15 is 0 Å². The second kappa shape index (κ2) is 5.11. The van der Waals surface area contributed by atoms with Crippen LogP contribution in [0.4, 0.5) is 11.4 Å². The van der Waals surface area contributed by atoms with Crippen molar-refractivity contribution in [2.24, 2.45) is 5.92 Å². The average molecular weight is 259 g/mol. The van der Waals surface area contributed by atoms with E-state index in [9.17, 15) is 4.79 Å². The Kier molecular flexibility index (Phi) is 3.32. The number of hydrogen-bond acceptors (Lipinski definition) is 3. The predicted molar refractivity (Wildman–Crippen MR) is 77.7 cm³/mol. The molecule has 2 heterocycles. The molecule has 1 fully saturated rings. The van der Waals surface area contributed by atoms with Gasteiger partial charge in [-0.15, -0.1) is 0 Å². The maximum Gasteiger partial charge on any atom is 0.256 e. The summed E-state index contributed by atoms with van der Waals surface area (Å²) >= 11 is 0. The SMILES string of the molecule is CC1CCCN(C(=O)c2cccc3c2NCCN3)C1. The first-order chi connectivity index (χ1) is 9.25. The van der Waals surface area contributed by atoms with E-state index in [2.05, 4.69) is 17.6 Å². The third-order valence-electron chi connectivity index (χ3n) is 3.98. The van der Waals surface area contributed by atoms with Gasteiger partial charge in [0.1, 0.15) is 0 Å². The Bertz CT molecular complexity index is 486. The number of nitrogens with zero attached hydrogens (tertiary/aromatic N) is 1. The summed E-state index contributed by atoms with van der Waals surface area (Å²) < 4.78 is 0. The van der Waals surface area contributed by atoms with E-state index < -0.39 is 0 Å². The van der Waals surface area contributed by atoms with E-state index in [-0.39, 0.29) is 5.91 Å². The quantitative estimate of drug-likeness (QED) is 0.814. The molecule has 0 radical (unpaired) electrons. The Labute approximate surface area is 114 Å². The summed E-state index contributed by atoms with van der Waals surface area (Å²) in [7, 11) is 0. The Hall–Kier alpha value is -1.71. The predicted octanol–water partition coefficient (Wildman–Crippen LogP) is 2.40. The molecule has 1 aromatic rings. The largest absolute Gasteiger partial charge is 0.382 e. The van der Waals surface area contributed by atoms with Crippen molar-refractivity contribution in [3.05, 3.63) is 23.8 Å². The van der Waals surface area contributed by atoms with E-state index in [4.69, 9.17) is 0 Å². The van der Waals surface area contributed by atoms with Crippen LogP contribution in [0, 0.1) is 5.92 Å². The molecule has 1 aromatic carbocycles. The van der Waals surface area contributed by atoms with Crippen molar-refractivity contribution in [2.45, 2.75) is 19.8 Å². The van der Waals surface area contributed by atoms with Gasteiger partial charge in [-0.05, 0) is 30.9 Å². The molecule has 1 unspecified atom stereocenters. The highest BCUT2D eigenvalue weighted by atomic mass is 16.2. The number of piperidine rings is 1. The van der Waals surface area contributed by atoms with Gasteiger partial charge < -0.3 is 15.5 Å². The van der Waals surface area contributed by atoms with Crippen LogP contribution in [0.3, 0.4) is 0 Å². The normalized spacial score (nSPS) is 22.2. The third kappa shape index (κ3) is 2.39. The molecule has 19 heavy (non-hydrogen) atoms. The molecular weight excluding hydrogens is 238 g/mol. The lowest BCUT2D eigenvalue weighted by Gasteiger charge is -2.32.